The molecule has 1 unspecified atom stereocenters. The molecule has 1 aliphatic heterocycles. The van der Waals surface area contributed by atoms with Gasteiger partial charge in [0, 0.05) is 24.0 Å². The number of hydrogen-bond acceptors (Lipinski definition) is 4. The summed E-state index contributed by atoms with van der Waals surface area (Å²) in [5.41, 5.74) is 10.7. The number of carbonyl (C=O) groups is 2. The zero-order valence-corrected chi connectivity index (χ0v) is 19.2. The van der Waals surface area contributed by atoms with E-state index in [9.17, 15) is 9.59 Å². The number of primary amides is 1. The fourth-order valence-corrected chi connectivity index (χ4v) is 4.73. The summed E-state index contributed by atoms with van der Waals surface area (Å²) in [5.74, 6) is -0.372. The van der Waals surface area contributed by atoms with Crippen LogP contribution in [0.5, 0.6) is 0 Å². The highest BCUT2D eigenvalue weighted by atomic mass is 16.1. The lowest BCUT2D eigenvalue weighted by Crippen LogP contribution is -2.34. The highest BCUT2D eigenvalue weighted by Gasteiger charge is 2.25. The molecular formula is C26H29N5O2. The maximum atomic E-state index is 13.5. The molecule has 7 nitrogen and oxygen atoms in total. The monoisotopic (exact) mass is 443 g/mol. The van der Waals surface area contributed by atoms with Crippen molar-refractivity contribution < 1.29 is 9.59 Å². The Labute approximate surface area is 194 Å². The van der Waals surface area contributed by atoms with Crippen LogP contribution in [0.1, 0.15) is 60.1 Å². The second-order valence-electron chi connectivity index (χ2n) is 8.89. The van der Waals surface area contributed by atoms with Crippen LogP contribution in [0.4, 0.5) is 5.69 Å². The topological polar surface area (TPSA) is 85.6 Å². The molecule has 33 heavy (non-hydrogen) atoms. The lowest BCUT2D eigenvalue weighted by Gasteiger charge is -2.25. The minimum Gasteiger partial charge on any atom is -0.370 e. The smallest absolute Gasteiger partial charge is 0.218 e. The summed E-state index contributed by atoms with van der Waals surface area (Å²) in [7, 11) is 0. The first-order chi connectivity index (χ1) is 15.9. The molecular weight excluding hydrogens is 414 g/mol. The van der Waals surface area contributed by atoms with Crippen LogP contribution in [0.25, 0.3) is 21.6 Å². The van der Waals surface area contributed by atoms with E-state index in [-0.39, 0.29) is 24.0 Å². The molecule has 0 radical (unpaired) electrons. The van der Waals surface area contributed by atoms with Crippen molar-refractivity contribution in [3.8, 4) is 5.69 Å². The molecule has 2 N–H and O–H groups in total. The Morgan fingerprint density at radius 2 is 1.88 bits per heavy atom. The molecule has 1 aromatic carbocycles. The van der Waals surface area contributed by atoms with Gasteiger partial charge in [-0.25, -0.2) is 4.85 Å². The first-order valence-electron chi connectivity index (χ1n) is 11.4. The molecule has 3 aromatic rings. The number of nitrogens with two attached hydrogens (primary N) is 1. The molecule has 0 aliphatic carbocycles. The molecule has 0 spiro atoms. The Kier molecular flexibility index (Phi) is 6.57. The predicted molar refractivity (Wildman–Crippen MR) is 129 cm³/mol. The number of carbonyl (C=O) groups excluding carboxylic acids is 2. The molecule has 0 bridgehead atoms. The van der Waals surface area contributed by atoms with E-state index in [1.807, 2.05) is 36.6 Å². The van der Waals surface area contributed by atoms with Crippen molar-refractivity contribution in [2.75, 3.05) is 19.6 Å². The Morgan fingerprint density at radius 1 is 1.18 bits per heavy atom. The van der Waals surface area contributed by atoms with E-state index in [2.05, 4.69) is 9.74 Å². The number of nitrogens with zero attached hydrogens (tertiary/aromatic N) is 4. The zero-order chi connectivity index (χ0) is 23.5. The van der Waals surface area contributed by atoms with Gasteiger partial charge in [0.25, 0.3) is 0 Å². The van der Waals surface area contributed by atoms with E-state index in [0.29, 0.717) is 23.3 Å². The van der Waals surface area contributed by atoms with Gasteiger partial charge in [-0.2, -0.15) is 0 Å². The number of fused-ring (bicyclic) bond motifs is 1. The number of amides is 1. The lowest BCUT2D eigenvalue weighted by molar-refractivity contribution is -0.118. The minimum atomic E-state index is -0.360. The lowest BCUT2D eigenvalue weighted by atomic mass is 9.98. The van der Waals surface area contributed by atoms with Crippen LogP contribution in [-0.2, 0) is 4.79 Å². The third kappa shape index (κ3) is 4.67. The second-order valence-corrected chi connectivity index (χ2v) is 8.89. The summed E-state index contributed by atoms with van der Waals surface area (Å²) in [6, 6.07) is 9.32. The average molecular weight is 444 g/mol. The molecule has 1 amide bonds. The largest absolute Gasteiger partial charge is 0.370 e. The van der Waals surface area contributed by atoms with Crippen LogP contribution in [0.3, 0.4) is 0 Å². The van der Waals surface area contributed by atoms with Crippen LogP contribution in [-0.4, -0.2) is 45.8 Å². The van der Waals surface area contributed by atoms with Crippen LogP contribution in [0.15, 0.2) is 36.5 Å². The summed E-state index contributed by atoms with van der Waals surface area (Å²) in [6.07, 6.45) is 5.45. The first-order valence-corrected chi connectivity index (χ1v) is 11.4. The molecule has 4 rings (SSSR count). The zero-order valence-electron chi connectivity index (χ0n) is 19.2. The number of piperidine rings is 1. The molecule has 1 saturated heterocycles. The standard InChI is InChI=1S/C26H29N5O2/c1-17(13-24(27)33)19-14-22-26(29-15-19)25(23(32)16-30-11-5-4-6-12-30)18(2)31(22)21-9-7-20(28-3)8-10-21/h7-10,14-15,17H,4-6,11-13,16H2,1-2H3,(H2,27,33). The molecule has 1 aliphatic rings. The van der Waals surface area contributed by atoms with Crippen molar-refractivity contribution in [3.63, 3.8) is 0 Å². The third-order valence-corrected chi connectivity index (χ3v) is 6.47. The van der Waals surface area contributed by atoms with E-state index in [4.69, 9.17) is 17.3 Å². The molecule has 1 fully saturated rings. The van der Waals surface area contributed by atoms with Crippen LogP contribution < -0.4 is 5.73 Å². The van der Waals surface area contributed by atoms with Gasteiger partial charge in [-0.05, 0) is 62.5 Å². The quantitative estimate of drug-likeness (QED) is 0.429. The van der Waals surface area contributed by atoms with Gasteiger partial charge in [0.1, 0.15) is 0 Å². The van der Waals surface area contributed by atoms with Gasteiger partial charge < -0.3 is 10.3 Å². The van der Waals surface area contributed by atoms with E-state index < -0.39 is 0 Å². The highest BCUT2D eigenvalue weighted by molar-refractivity contribution is 6.09. The maximum Gasteiger partial charge on any atom is 0.218 e. The summed E-state index contributed by atoms with van der Waals surface area (Å²) in [5, 5.41) is 0. The Balaban J connectivity index is 1.83. The molecule has 1 atom stereocenters. The van der Waals surface area contributed by atoms with Crippen molar-refractivity contribution in [1.29, 1.82) is 0 Å². The maximum absolute atomic E-state index is 13.5. The second kappa shape index (κ2) is 9.55. The molecule has 3 heterocycles. The normalized spacial score (nSPS) is 15.3. The van der Waals surface area contributed by atoms with Gasteiger partial charge in [-0.15, -0.1) is 0 Å². The molecule has 0 saturated carbocycles. The van der Waals surface area contributed by atoms with E-state index in [1.54, 1.807) is 18.3 Å². The van der Waals surface area contributed by atoms with Crippen molar-refractivity contribution in [1.82, 2.24) is 14.5 Å². The minimum absolute atomic E-state index is 0.0707. The van der Waals surface area contributed by atoms with Gasteiger partial charge in [-0.3, -0.25) is 19.5 Å². The summed E-state index contributed by atoms with van der Waals surface area (Å²) < 4.78 is 2.03. The molecule has 2 aromatic heterocycles. The SMILES string of the molecule is [C-]#[N+]c1ccc(-n2c(C)c(C(=O)CN3CCCCC3)c3ncc(C(C)CC(N)=O)cc32)cc1. The summed E-state index contributed by atoms with van der Waals surface area (Å²) in [6.45, 7) is 13.4. The fourth-order valence-electron chi connectivity index (χ4n) is 4.73. The highest BCUT2D eigenvalue weighted by Crippen LogP contribution is 2.32. The molecule has 170 valence electrons. The first kappa shape index (κ1) is 22.7. The van der Waals surface area contributed by atoms with Gasteiger partial charge in [-0.1, -0.05) is 25.5 Å². The van der Waals surface area contributed by atoms with Gasteiger partial charge >= 0.3 is 0 Å². The van der Waals surface area contributed by atoms with E-state index >= 15 is 0 Å². The number of aromatic nitrogens is 2. The van der Waals surface area contributed by atoms with Gasteiger partial charge in [0.2, 0.25) is 5.91 Å². The van der Waals surface area contributed by atoms with Gasteiger partial charge in [0.15, 0.2) is 11.5 Å². The number of benzene rings is 1. The van der Waals surface area contributed by atoms with E-state index in [1.165, 1.54) is 6.42 Å². The summed E-state index contributed by atoms with van der Waals surface area (Å²) >= 11 is 0. The molecule has 7 heteroatoms. The van der Waals surface area contributed by atoms with E-state index in [0.717, 1.165) is 48.4 Å². The third-order valence-electron chi connectivity index (χ3n) is 6.47. The van der Waals surface area contributed by atoms with Gasteiger partial charge in [0.05, 0.1) is 29.7 Å². The number of likely N-dealkylation sites (tertiary alicyclic amines) is 1. The number of Topliss-reactive ketones (excluding diaryl/α,β-unsaturated/α-hetero) is 1. The Bertz CT molecular complexity index is 1230. The predicted octanol–water partition coefficient (Wildman–Crippen LogP) is 4.53. The fraction of sp³-hybridized carbons (Fsp3) is 0.385. The number of pyridine rings is 1. The Hall–Kier alpha value is -3.50. The number of ketones is 1. The van der Waals surface area contributed by atoms with Crippen LogP contribution >= 0.6 is 0 Å². The van der Waals surface area contributed by atoms with Crippen LogP contribution in [0, 0.1) is 13.5 Å². The Morgan fingerprint density at radius 3 is 2.52 bits per heavy atom. The van der Waals surface area contributed by atoms with Crippen molar-refractivity contribution in [2.24, 2.45) is 5.73 Å². The number of rotatable bonds is 7. The van der Waals surface area contributed by atoms with Crippen molar-refractivity contribution >= 4 is 28.4 Å². The van der Waals surface area contributed by atoms with Crippen molar-refractivity contribution in [3.05, 3.63) is 64.8 Å². The summed E-state index contributed by atoms with van der Waals surface area (Å²) in [4.78, 5) is 35.3. The van der Waals surface area contributed by atoms with Crippen LogP contribution in [0.2, 0.25) is 0 Å². The number of hydrogen-bond donors (Lipinski definition) is 1. The van der Waals surface area contributed by atoms with Crippen molar-refractivity contribution in [2.45, 2.75) is 45.4 Å². The average Bonchev–Trinajstić information content (AvgIpc) is 3.10.